The maximum Gasteiger partial charge on any atom is 0.238 e. The van der Waals surface area contributed by atoms with Crippen molar-refractivity contribution in [2.24, 2.45) is 0 Å². The normalized spacial score (nSPS) is 11.8. The number of aryl methyl sites for hydroxylation is 1. The number of benzene rings is 1. The number of carbonyl (C=O) groups excluding carboxylic acids is 1. The average molecular weight is 352 g/mol. The van der Waals surface area contributed by atoms with Crippen molar-refractivity contribution in [1.82, 2.24) is 9.97 Å². The third-order valence-electron chi connectivity index (χ3n) is 3.12. The molecule has 1 heterocycles. The van der Waals surface area contributed by atoms with Gasteiger partial charge in [0.25, 0.3) is 0 Å². The summed E-state index contributed by atoms with van der Waals surface area (Å²) in [6, 6.07) is 6.97. The second kappa shape index (κ2) is 8.17. The smallest absolute Gasteiger partial charge is 0.238 e. The van der Waals surface area contributed by atoms with Crippen molar-refractivity contribution in [2.45, 2.75) is 30.5 Å². The van der Waals surface area contributed by atoms with E-state index in [0.717, 1.165) is 10.7 Å². The summed E-state index contributed by atoms with van der Waals surface area (Å²) in [5, 5.41) is 3.92. The highest BCUT2D eigenvalue weighted by atomic mass is 35.5. The van der Waals surface area contributed by atoms with Crippen LogP contribution in [0.4, 0.5) is 5.69 Å². The van der Waals surface area contributed by atoms with Crippen LogP contribution in [0.25, 0.3) is 0 Å². The van der Waals surface area contributed by atoms with Crippen molar-refractivity contribution in [3.05, 3.63) is 41.3 Å². The number of hydrogen-bond donors (Lipinski definition) is 1. The third kappa shape index (κ3) is 4.84. The number of halogens is 1. The lowest BCUT2D eigenvalue weighted by Gasteiger charge is -2.16. The zero-order valence-electron chi connectivity index (χ0n) is 13.2. The van der Waals surface area contributed by atoms with Gasteiger partial charge in [0.05, 0.1) is 18.0 Å². The van der Waals surface area contributed by atoms with Gasteiger partial charge in [0.1, 0.15) is 17.1 Å². The van der Waals surface area contributed by atoms with Crippen LogP contribution in [-0.4, -0.2) is 28.2 Å². The highest BCUT2D eigenvalue weighted by Crippen LogP contribution is 2.30. The molecule has 1 aromatic carbocycles. The standard InChI is InChI=1S/C16H18ClN3O2S/c1-4-14(23-15-7-10(2)18-9-19-15)16(21)20-12-8-11(17)5-6-13(12)22-3/h5-9,14H,4H2,1-3H3,(H,20,21). The zero-order chi connectivity index (χ0) is 16.8. The summed E-state index contributed by atoms with van der Waals surface area (Å²) in [7, 11) is 1.55. The Morgan fingerprint density at radius 3 is 2.83 bits per heavy atom. The summed E-state index contributed by atoms with van der Waals surface area (Å²) in [5.74, 6) is 0.454. The molecule has 1 N–H and O–H groups in total. The van der Waals surface area contributed by atoms with Gasteiger partial charge in [-0.25, -0.2) is 9.97 Å². The molecule has 1 atom stereocenters. The molecule has 0 bridgehead atoms. The fourth-order valence-corrected chi connectivity index (χ4v) is 3.10. The van der Waals surface area contributed by atoms with Crippen LogP contribution in [0.2, 0.25) is 5.02 Å². The lowest BCUT2D eigenvalue weighted by Crippen LogP contribution is -2.25. The lowest BCUT2D eigenvalue weighted by atomic mass is 10.2. The quantitative estimate of drug-likeness (QED) is 0.630. The minimum atomic E-state index is -0.270. The predicted molar refractivity (Wildman–Crippen MR) is 93.3 cm³/mol. The number of hydrogen-bond acceptors (Lipinski definition) is 5. The van der Waals surface area contributed by atoms with Gasteiger partial charge < -0.3 is 10.1 Å². The first-order valence-electron chi connectivity index (χ1n) is 7.13. The van der Waals surface area contributed by atoms with Crippen LogP contribution in [-0.2, 0) is 4.79 Å². The molecule has 1 unspecified atom stereocenters. The molecule has 7 heteroatoms. The maximum absolute atomic E-state index is 12.5. The van der Waals surface area contributed by atoms with Gasteiger partial charge in [-0.2, -0.15) is 0 Å². The van der Waals surface area contributed by atoms with E-state index in [-0.39, 0.29) is 11.2 Å². The van der Waals surface area contributed by atoms with E-state index in [2.05, 4.69) is 15.3 Å². The van der Waals surface area contributed by atoms with Gasteiger partial charge in [0, 0.05) is 10.7 Å². The minimum absolute atomic E-state index is 0.116. The molecule has 122 valence electrons. The Morgan fingerprint density at radius 1 is 1.39 bits per heavy atom. The van der Waals surface area contributed by atoms with E-state index in [1.807, 2.05) is 19.9 Å². The summed E-state index contributed by atoms with van der Waals surface area (Å²) >= 11 is 7.40. The minimum Gasteiger partial charge on any atom is -0.495 e. The molecule has 0 fully saturated rings. The number of ether oxygens (including phenoxy) is 1. The molecular formula is C16H18ClN3O2S. The molecule has 0 saturated carbocycles. The summed E-state index contributed by atoms with van der Waals surface area (Å²) < 4.78 is 5.25. The molecule has 23 heavy (non-hydrogen) atoms. The van der Waals surface area contributed by atoms with Crippen LogP contribution >= 0.6 is 23.4 Å². The molecule has 2 aromatic rings. The van der Waals surface area contributed by atoms with Crippen molar-refractivity contribution in [1.29, 1.82) is 0 Å². The summed E-state index contributed by atoms with van der Waals surface area (Å²) in [6.45, 7) is 3.85. The molecule has 0 aliphatic rings. The van der Waals surface area contributed by atoms with Gasteiger partial charge in [-0.05, 0) is 37.6 Å². The molecule has 0 aliphatic carbocycles. The van der Waals surface area contributed by atoms with Crippen LogP contribution in [0, 0.1) is 6.92 Å². The Bertz CT molecular complexity index is 697. The fourth-order valence-electron chi connectivity index (χ4n) is 1.95. The monoisotopic (exact) mass is 351 g/mol. The number of carbonyl (C=O) groups is 1. The third-order valence-corrected chi connectivity index (χ3v) is 4.66. The van der Waals surface area contributed by atoms with Gasteiger partial charge in [-0.1, -0.05) is 30.3 Å². The van der Waals surface area contributed by atoms with Gasteiger partial charge in [-0.15, -0.1) is 0 Å². The maximum atomic E-state index is 12.5. The van der Waals surface area contributed by atoms with Crippen LogP contribution in [0.5, 0.6) is 5.75 Å². The number of amides is 1. The molecule has 0 aliphatic heterocycles. The fraction of sp³-hybridized carbons (Fsp3) is 0.312. The second-order valence-corrected chi connectivity index (χ2v) is 6.51. The van der Waals surface area contributed by atoms with Crippen molar-refractivity contribution in [3.63, 3.8) is 0 Å². The number of aromatic nitrogens is 2. The first kappa shape index (κ1) is 17.6. The van der Waals surface area contributed by atoms with Crippen molar-refractivity contribution in [3.8, 4) is 5.75 Å². The van der Waals surface area contributed by atoms with E-state index < -0.39 is 0 Å². The summed E-state index contributed by atoms with van der Waals surface area (Å²) in [4.78, 5) is 20.8. The molecule has 1 aromatic heterocycles. The van der Waals surface area contributed by atoms with Crippen LogP contribution in [0.1, 0.15) is 19.0 Å². The number of anilines is 1. The van der Waals surface area contributed by atoms with Crippen molar-refractivity contribution in [2.75, 3.05) is 12.4 Å². The number of nitrogens with zero attached hydrogens (tertiary/aromatic N) is 2. The Morgan fingerprint density at radius 2 is 2.17 bits per heavy atom. The zero-order valence-corrected chi connectivity index (χ0v) is 14.7. The number of thioether (sulfide) groups is 1. The van der Waals surface area contributed by atoms with Crippen molar-refractivity contribution >= 4 is 35.0 Å². The van der Waals surface area contributed by atoms with E-state index in [0.29, 0.717) is 22.9 Å². The highest BCUT2D eigenvalue weighted by molar-refractivity contribution is 8.00. The molecule has 0 radical (unpaired) electrons. The highest BCUT2D eigenvalue weighted by Gasteiger charge is 2.20. The topological polar surface area (TPSA) is 64.1 Å². The molecular weight excluding hydrogens is 334 g/mol. The summed E-state index contributed by atoms with van der Waals surface area (Å²) in [5.41, 5.74) is 1.43. The molecule has 2 rings (SSSR count). The predicted octanol–water partition coefficient (Wildman–Crippen LogP) is 3.96. The number of nitrogens with one attached hydrogen (secondary N) is 1. The molecule has 5 nitrogen and oxygen atoms in total. The van der Waals surface area contributed by atoms with Crippen molar-refractivity contribution < 1.29 is 9.53 Å². The van der Waals surface area contributed by atoms with E-state index >= 15 is 0 Å². The first-order chi connectivity index (χ1) is 11.0. The van der Waals surface area contributed by atoms with Gasteiger partial charge in [-0.3, -0.25) is 4.79 Å². The Kier molecular flexibility index (Phi) is 6.24. The Hall–Kier alpha value is -1.79. The number of methoxy groups -OCH3 is 1. The molecule has 0 saturated heterocycles. The van der Waals surface area contributed by atoms with Gasteiger partial charge in [0.15, 0.2) is 0 Å². The first-order valence-corrected chi connectivity index (χ1v) is 8.39. The SMILES string of the molecule is CCC(Sc1cc(C)ncn1)C(=O)Nc1cc(Cl)ccc1OC. The molecule has 1 amide bonds. The molecule has 0 spiro atoms. The Labute approximate surface area is 144 Å². The van der Waals surface area contributed by atoms with E-state index in [1.165, 1.54) is 18.1 Å². The van der Waals surface area contributed by atoms with E-state index in [4.69, 9.17) is 16.3 Å². The average Bonchev–Trinajstić information content (AvgIpc) is 2.53. The lowest BCUT2D eigenvalue weighted by molar-refractivity contribution is -0.115. The van der Waals surface area contributed by atoms with E-state index in [9.17, 15) is 4.79 Å². The van der Waals surface area contributed by atoms with E-state index in [1.54, 1.807) is 25.3 Å². The second-order valence-electron chi connectivity index (χ2n) is 4.85. The number of rotatable bonds is 6. The van der Waals surface area contributed by atoms with Crippen LogP contribution in [0.3, 0.4) is 0 Å². The summed E-state index contributed by atoms with van der Waals surface area (Å²) in [6.07, 6.45) is 2.17. The van der Waals surface area contributed by atoms with Gasteiger partial charge >= 0.3 is 0 Å². The largest absolute Gasteiger partial charge is 0.495 e. The van der Waals surface area contributed by atoms with Crippen LogP contribution in [0.15, 0.2) is 35.6 Å². The van der Waals surface area contributed by atoms with Gasteiger partial charge in [0.2, 0.25) is 5.91 Å². The van der Waals surface area contributed by atoms with Crippen LogP contribution < -0.4 is 10.1 Å². The Balaban J connectivity index is 2.13.